The molecular formula is C14H11F9O2S. The van der Waals surface area contributed by atoms with Gasteiger partial charge in [-0.05, 0) is 24.3 Å². The molecule has 26 heavy (non-hydrogen) atoms. The van der Waals surface area contributed by atoms with Gasteiger partial charge in [-0.25, -0.2) is 4.79 Å². The first-order chi connectivity index (χ1) is 11.7. The van der Waals surface area contributed by atoms with Crippen LogP contribution in [0.1, 0.15) is 16.8 Å². The Hall–Kier alpha value is -1.59. The fourth-order valence-corrected chi connectivity index (χ4v) is 2.59. The second kappa shape index (κ2) is 7.57. The van der Waals surface area contributed by atoms with Crippen molar-refractivity contribution in [3.8, 4) is 0 Å². The van der Waals surface area contributed by atoms with Crippen LogP contribution in [0, 0.1) is 0 Å². The van der Waals surface area contributed by atoms with E-state index in [1.807, 2.05) is 0 Å². The van der Waals surface area contributed by atoms with E-state index in [1.54, 1.807) is 0 Å². The Morgan fingerprint density at radius 3 is 1.85 bits per heavy atom. The minimum Gasteiger partial charge on any atom is -0.465 e. The number of benzene rings is 1. The van der Waals surface area contributed by atoms with Crippen LogP contribution >= 0.6 is 11.8 Å². The summed E-state index contributed by atoms with van der Waals surface area (Å²) in [7, 11) is 1.12. The number of rotatable bonds is 7. The third-order valence-electron chi connectivity index (χ3n) is 3.17. The molecule has 2 nitrogen and oxygen atoms in total. The third-order valence-corrected chi connectivity index (χ3v) is 4.18. The van der Waals surface area contributed by atoms with Gasteiger partial charge in [0.15, 0.2) is 0 Å². The van der Waals surface area contributed by atoms with E-state index in [4.69, 9.17) is 0 Å². The molecule has 0 aliphatic carbocycles. The summed E-state index contributed by atoms with van der Waals surface area (Å²) in [6.45, 7) is 0. The molecule has 0 saturated carbocycles. The van der Waals surface area contributed by atoms with Crippen LogP contribution < -0.4 is 0 Å². The zero-order valence-electron chi connectivity index (χ0n) is 12.9. The summed E-state index contributed by atoms with van der Waals surface area (Å²) in [5, 5.41) is 0. The summed E-state index contributed by atoms with van der Waals surface area (Å²) < 4.78 is 119. The molecule has 0 N–H and O–H groups in total. The van der Waals surface area contributed by atoms with Crippen LogP contribution in [0.3, 0.4) is 0 Å². The number of esters is 1. The molecular weight excluding hydrogens is 403 g/mol. The normalized spacial score (nSPS) is 13.6. The maximum atomic E-state index is 13.3. The van der Waals surface area contributed by atoms with Crippen molar-refractivity contribution in [2.75, 3.05) is 12.9 Å². The number of carbonyl (C=O) groups is 1. The summed E-state index contributed by atoms with van der Waals surface area (Å²) in [6, 6.07) is 4.96. The van der Waals surface area contributed by atoms with Crippen LogP contribution in [-0.4, -0.2) is 42.8 Å². The van der Waals surface area contributed by atoms with Gasteiger partial charge in [-0.1, -0.05) is 0 Å². The van der Waals surface area contributed by atoms with Gasteiger partial charge >= 0.3 is 29.9 Å². The number of hydrogen-bond donors (Lipinski definition) is 0. The molecule has 0 heterocycles. The Kier molecular flexibility index (Phi) is 6.54. The minimum absolute atomic E-state index is 0.110. The molecule has 1 rings (SSSR count). The molecule has 148 valence electrons. The van der Waals surface area contributed by atoms with Crippen molar-refractivity contribution in [2.24, 2.45) is 0 Å². The quantitative estimate of drug-likeness (QED) is 0.339. The van der Waals surface area contributed by atoms with E-state index in [1.165, 1.54) is 24.3 Å². The lowest BCUT2D eigenvalue weighted by atomic mass is 10.0. The SMILES string of the molecule is COC(=O)c1ccc(SCCC(F)(F)C(F)(F)C(F)(F)C(F)(F)F)cc1. The van der Waals surface area contributed by atoms with Crippen LogP contribution in [0.2, 0.25) is 0 Å². The second-order valence-electron chi connectivity index (χ2n) is 4.97. The molecule has 0 spiro atoms. The molecule has 0 atom stereocenters. The smallest absolute Gasteiger partial charge is 0.460 e. The summed E-state index contributed by atoms with van der Waals surface area (Å²) in [6.07, 6.45) is -8.74. The summed E-state index contributed by atoms with van der Waals surface area (Å²) in [4.78, 5) is 11.4. The molecule has 0 aromatic heterocycles. The molecule has 1 aromatic rings. The van der Waals surface area contributed by atoms with Gasteiger partial charge in [0.25, 0.3) is 0 Å². The molecule has 0 saturated heterocycles. The Morgan fingerprint density at radius 2 is 1.42 bits per heavy atom. The lowest BCUT2D eigenvalue weighted by molar-refractivity contribution is -0.396. The third kappa shape index (κ3) is 4.38. The van der Waals surface area contributed by atoms with Crippen LogP contribution in [0.15, 0.2) is 29.2 Å². The topological polar surface area (TPSA) is 26.3 Å². The van der Waals surface area contributed by atoms with E-state index in [0.29, 0.717) is 11.8 Å². The highest BCUT2D eigenvalue weighted by atomic mass is 32.2. The molecule has 0 aliphatic rings. The van der Waals surface area contributed by atoms with E-state index in [-0.39, 0.29) is 10.5 Å². The number of halogens is 9. The van der Waals surface area contributed by atoms with Gasteiger partial charge in [0.05, 0.1) is 12.7 Å². The highest BCUT2D eigenvalue weighted by Crippen LogP contribution is 2.54. The van der Waals surface area contributed by atoms with Gasteiger partial charge < -0.3 is 4.74 Å². The van der Waals surface area contributed by atoms with Crippen molar-refractivity contribution in [1.29, 1.82) is 0 Å². The van der Waals surface area contributed by atoms with E-state index >= 15 is 0 Å². The van der Waals surface area contributed by atoms with Crippen molar-refractivity contribution < 1.29 is 49.0 Å². The van der Waals surface area contributed by atoms with Gasteiger partial charge in [0.1, 0.15) is 0 Å². The largest absolute Gasteiger partial charge is 0.465 e. The van der Waals surface area contributed by atoms with Gasteiger partial charge in [0, 0.05) is 17.1 Å². The molecule has 0 bridgehead atoms. The van der Waals surface area contributed by atoms with Gasteiger partial charge in [-0.15, -0.1) is 11.8 Å². The standard InChI is InChI=1S/C14H11F9O2S/c1-25-10(24)8-2-4-9(5-3-8)26-7-6-11(15,16)12(17,18)13(19,20)14(21,22)23/h2-5H,6-7H2,1H3. The Morgan fingerprint density at radius 1 is 0.923 bits per heavy atom. The van der Waals surface area contributed by atoms with E-state index in [9.17, 15) is 44.3 Å². The number of hydrogen-bond acceptors (Lipinski definition) is 3. The predicted octanol–water partition coefficient (Wildman–Crippen LogP) is 5.42. The fourth-order valence-electron chi connectivity index (χ4n) is 1.67. The lowest BCUT2D eigenvalue weighted by Gasteiger charge is -2.33. The first kappa shape index (κ1) is 22.5. The average molecular weight is 414 g/mol. The Bertz CT molecular complexity index is 626. The first-order valence-corrected chi connectivity index (χ1v) is 7.67. The summed E-state index contributed by atoms with van der Waals surface area (Å²) in [5.41, 5.74) is 0.110. The number of methoxy groups -OCH3 is 1. The second-order valence-corrected chi connectivity index (χ2v) is 6.13. The highest BCUT2D eigenvalue weighted by Gasteiger charge is 2.81. The molecule has 0 radical (unpaired) electrons. The molecule has 0 amide bonds. The van der Waals surface area contributed by atoms with E-state index in [2.05, 4.69) is 4.74 Å². The van der Waals surface area contributed by atoms with Crippen molar-refractivity contribution in [3.05, 3.63) is 29.8 Å². The average Bonchev–Trinajstić information content (AvgIpc) is 2.53. The maximum Gasteiger partial charge on any atom is 0.460 e. The summed E-state index contributed by atoms with van der Waals surface area (Å²) in [5.74, 6) is -20.6. The van der Waals surface area contributed by atoms with Crippen molar-refractivity contribution >= 4 is 17.7 Å². The number of ether oxygens (including phenoxy) is 1. The lowest BCUT2D eigenvalue weighted by Crippen LogP contribution is -2.60. The molecule has 0 aliphatic heterocycles. The molecule has 1 aromatic carbocycles. The summed E-state index contributed by atoms with van der Waals surface area (Å²) >= 11 is 0.518. The van der Waals surface area contributed by atoms with Crippen molar-refractivity contribution in [1.82, 2.24) is 0 Å². The van der Waals surface area contributed by atoms with Crippen LogP contribution in [-0.2, 0) is 4.74 Å². The van der Waals surface area contributed by atoms with Crippen LogP contribution in [0.4, 0.5) is 39.5 Å². The minimum atomic E-state index is -6.88. The Balaban J connectivity index is 2.78. The number of thioether (sulfide) groups is 1. The maximum absolute atomic E-state index is 13.3. The number of alkyl halides is 9. The monoisotopic (exact) mass is 414 g/mol. The highest BCUT2D eigenvalue weighted by molar-refractivity contribution is 7.99. The molecule has 0 unspecified atom stereocenters. The van der Waals surface area contributed by atoms with Gasteiger partial charge in [0.2, 0.25) is 0 Å². The van der Waals surface area contributed by atoms with Crippen LogP contribution in [0.25, 0.3) is 0 Å². The Labute approximate surface area is 145 Å². The number of carbonyl (C=O) groups excluding carboxylic acids is 1. The van der Waals surface area contributed by atoms with E-state index < -0.39 is 42.1 Å². The molecule has 12 heteroatoms. The van der Waals surface area contributed by atoms with Crippen molar-refractivity contribution in [3.63, 3.8) is 0 Å². The first-order valence-electron chi connectivity index (χ1n) is 6.69. The zero-order chi connectivity index (χ0) is 20.4. The van der Waals surface area contributed by atoms with Crippen LogP contribution in [0.5, 0.6) is 0 Å². The predicted molar refractivity (Wildman–Crippen MR) is 74.0 cm³/mol. The van der Waals surface area contributed by atoms with Gasteiger partial charge in [-0.3, -0.25) is 0 Å². The fraction of sp³-hybridized carbons (Fsp3) is 0.500. The molecule has 0 fully saturated rings. The van der Waals surface area contributed by atoms with Gasteiger partial charge in [-0.2, -0.15) is 39.5 Å². The van der Waals surface area contributed by atoms with Crippen molar-refractivity contribution in [2.45, 2.75) is 35.3 Å². The van der Waals surface area contributed by atoms with E-state index in [0.717, 1.165) is 7.11 Å². The zero-order valence-corrected chi connectivity index (χ0v) is 13.7.